The molecule has 1 rings (SSSR count). The second kappa shape index (κ2) is 6.74. The van der Waals surface area contributed by atoms with E-state index in [9.17, 15) is 0 Å². The minimum absolute atomic E-state index is 0.373. The summed E-state index contributed by atoms with van der Waals surface area (Å²) in [5.41, 5.74) is 1.21. The number of hydrogen-bond donors (Lipinski definition) is 1. The highest BCUT2D eigenvalue weighted by Gasteiger charge is 2.04. The largest absolute Gasteiger partial charge is 0.472 e. The number of hydrogen-bond acceptors (Lipinski definition) is 3. The Balaban J connectivity index is 2.10. The molecule has 1 aromatic heterocycles. The topological polar surface area (TPSA) is 25.2 Å². The second-order valence-corrected chi connectivity index (χ2v) is 4.25. The van der Waals surface area contributed by atoms with Crippen LogP contribution in [-0.4, -0.2) is 18.1 Å². The van der Waals surface area contributed by atoms with Gasteiger partial charge in [0.05, 0.1) is 12.5 Å². The monoisotopic (exact) mass is 211 g/mol. The van der Waals surface area contributed by atoms with Crippen molar-refractivity contribution in [1.82, 2.24) is 5.32 Å². The standard InChI is InChI=1S/C11H17NOS/c1-3-7-14-8-5-12-10(2)11-4-6-13-9-11/h3-4,6,9-10,12H,1,5,7-8H2,2H3. The van der Waals surface area contributed by atoms with Crippen molar-refractivity contribution < 1.29 is 4.42 Å². The molecule has 0 aliphatic heterocycles. The van der Waals surface area contributed by atoms with E-state index in [0.29, 0.717) is 6.04 Å². The summed E-state index contributed by atoms with van der Waals surface area (Å²) in [4.78, 5) is 0. The quantitative estimate of drug-likeness (QED) is 0.554. The lowest BCUT2D eigenvalue weighted by molar-refractivity contribution is 0.546. The molecular formula is C11H17NOS. The third kappa shape index (κ3) is 4.03. The zero-order valence-corrected chi connectivity index (χ0v) is 9.35. The Morgan fingerprint density at radius 2 is 2.57 bits per heavy atom. The zero-order chi connectivity index (χ0) is 10.2. The first-order valence-electron chi connectivity index (χ1n) is 4.78. The minimum atomic E-state index is 0.373. The van der Waals surface area contributed by atoms with Gasteiger partial charge in [-0.05, 0) is 13.0 Å². The number of rotatable bonds is 7. The SMILES string of the molecule is C=CCSCCNC(C)c1ccoc1. The summed E-state index contributed by atoms with van der Waals surface area (Å²) in [6, 6.07) is 2.37. The Morgan fingerprint density at radius 3 is 3.21 bits per heavy atom. The molecule has 3 heteroatoms. The molecule has 0 radical (unpaired) electrons. The maximum atomic E-state index is 5.02. The smallest absolute Gasteiger partial charge is 0.0950 e. The molecule has 0 amide bonds. The van der Waals surface area contributed by atoms with Gasteiger partial charge >= 0.3 is 0 Å². The van der Waals surface area contributed by atoms with Crippen LogP contribution in [0.4, 0.5) is 0 Å². The molecule has 0 bridgehead atoms. The molecule has 1 unspecified atom stereocenters. The van der Waals surface area contributed by atoms with E-state index in [1.165, 1.54) is 5.56 Å². The molecule has 2 nitrogen and oxygen atoms in total. The Bertz CT molecular complexity index is 246. The lowest BCUT2D eigenvalue weighted by Gasteiger charge is -2.10. The molecule has 0 saturated carbocycles. The number of nitrogens with one attached hydrogen (secondary N) is 1. The molecule has 1 heterocycles. The van der Waals surface area contributed by atoms with Crippen molar-refractivity contribution >= 4 is 11.8 Å². The third-order valence-corrected chi connectivity index (χ3v) is 2.94. The second-order valence-electron chi connectivity index (χ2n) is 3.10. The minimum Gasteiger partial charge on any atom is -0.472 e. The van der Waals surface area contributed by atoms with Crippen LogP contribution >= 0.6 is 11.8 Å². The van der Waals surface area contributed by atoms with Crippen LogP contribution in [-0.2, 0) is 0 Å². The van der Waals surface area contributed by atoms with Gasteiger partial charge in [0, 0.05) is 29.7 Å². The van der Waals surface area contributed by atoms with Gasteiger partial charge in [0.1, 0.15) is 0 Å². The van der Waals surface area contributed by atoms with E-state index in [-0.39, 0.29) is 0 Å². The fourth-order valence-electron chi connectivity index (χ4n) is 1.15. The lowest BCUT2D eigenvalue weighted by atomic mass is 10.2. The van der Waals surface area contributed by atoms with Crippen molar-refractivity contribution in [3.63, 3.8) is 0 Å². The highest BCUT2D eigenvalue weighted by Crippen LogP contribution is 2.11. The van der Waals surface area contributed by atoms with Crippen LogP contribution in [0.15, 0.2) is 35.7 Å². The summed E-state index contributed by atoms with van der Waals surface area (Å²) in [6.07, 6.45) is 5.43. The molecule has 0 aliphatic carbocycles. The van der Waals surface area contributed by atoms with E-state index >= 15 is 0 Å². The highest BCUT2D eigenvalue weighted by atomic mass is 32.2. The van der Waals surface area contributed by atoms with E-state index in [4.69, 9.17) is 4.42 Å². The highest BCUT2D eigenvalue weighted by molar-refractivity contribution is 7.99. The van der Waals surface area contributed by atoms with Crippen molar-refractivity contribution in [2.75, 3.05) is 18.1 Å². The maximum absolute atomic E-state index is 5.02. The molecule has 14 heavy (non-hydrogen) atoms. The van der Waals surface area contributed by atoms with E-state index < -0.39 is 0 Å². The lowest BCUT2D eigenvalue weighted by Crippen LogP contribution is -2.20. The fourth-order valence-corrected chi connectivity index (χ4v) is 1.75. The van der Waals surface area contributed by atoms with E-state index in [2.05, 4.69) is 18.8 Å². The van der Waals surface area contributed by atoms with Crippen LogP contribution in [0.3, 0.4) is 0 Å². The molecule has 0 aliphatic rings. The fraction of sp³-hybridized carbons (Fsp3) is 0.455. The van der Waals surface area contributed by atoms with E-state index in [1.807, 2.05) is 23.9 Å². The molecule has 0 fully saturated rings. The summed E-state index contributed by atoms with van der Waals surface area (Å²) in [6.45, 7) is 6.84. The summed E-state index contributed by atoms with van der Waals surface area (Å²) in [5, 5.41) is 3.43. The van der Waals surface area contributed by atoms with E-state index in [0.717, 1.165) is 18.1 Å². The Labute approximate surface area is 89.8 Å². The van der Waals surface area contributed by atoms with Crippen molar-refractivity contribution in [2.45, 2.75) is 13.0 Å². The van der Waals surface area contributed by atoms with Gasteiger partial charge in [-0.25, -0.2) is 0 Å². The summed E-state index contributed by atoms with van der Waals surface area (Å²) >= 11 is 1.89. The van der Waals surface area contributed by atoms with E-state index in [1.54, 1.807) is 12.5 Å². The molecule has 1 atom stereocenters. The first kappa shape index (κ1) is 11.4. The van der Waals surface area contributed by atoms with Crippen LogP contribution in [0.5, 0.6) is 0 Å². The summed E-state index contributed by atoms with van der Waals surface area (Å²) in [5.74, 6) is 2.15. The molecular weight excluding hydrogens is 194 g/mol. The van der Waals surface area contributed by atoms with Crippen LogP contribution in [0, 0.1) is 0 Å². The van der Waals surface area contributed by atoms with Gasteiger partial charge in [0.15, 0.2) is 0 Å². The Morgan fingerprint density at radius 1 is 1.71 bits per heavy atom. The third-order valence-electron chi connectivity index (χ3n) is 1.98. The van der Waals surface area contributed by atoms with Crippen molar-refractivity contribution in [3.05, 3.63) is 36.8 Å². The van der Waals surface area contributed by atoms with Crippen molar-refractivity contribution in [3.8, 4) is 0 Å². The molecule has 0 aromatic carbocycles. The molecule has 78 valence electrons. The number of thioether (sulfide) groups is 1. The predicted octanol–water partition coefficient (Wildman–Crippen LogP) is 2.85. The molecule has 0 spiro atoms. The number of furan rings is 1. The summed E-state index contributed by atoms with van der Waals surface area (Å²) in [7, 11) is 0. The van der Waals surface area contributed by atoms with Crippen LogP contribution in [0.25, 0.3) is 0 Å². The average molecular weight is 211 g/mol. The normalized spacial score (nSPS) is 12.6. The van der Waals surface area contributed by atoms with Gasteiger partial charge in [0.2, 0.25) is 0 Å². The van der Waals surface area contributed by atoms with Crippen LogP contribution < -0.4 is 5.32 Å². The zero-order valence-electron chi connectivity index (χ0n) is 8.53. The van der Waals surface area contributed by atoms with Gasteiger partial charge < -0.3 is 9.73 Å². The van der Waals surface area contributed by atoms with Crippen LogP contribution in [0.2, 0.25) is 0 Å². The van der Waals surface area contributed by atoms with Crippen molar-refractivity contribution in [1.29, 1.82) is 0 Å². The Hall–Kier alpha value is -0.670. The average Bonchev–Trinajstić information content (AvgIpc) is 2.70. The van der Waals surface area contributed by atoms with Gasteiger partial charge in [-0.3, -0.25) is 0 Å². The van der Waals surface area contributed by atoms with Crippen molar-refractivity contribution in [2.24, 2.45) is 0 Å². The molecule has 1 aromatic rings. The van der Waals surface area contributed by atoms with Gasteiger partial charge in [-0.1, -0.05) is 6.08 Å². The van der Waals surface area contributed by atoms with Crippen LogP contribution in [0.1, 0.15) is 18.5 Å². The van der Waals surface area contributed by atoms with Gasteiger partial charge in [0.25, 0.3) is 0 Å². The maximum Gasteiger partial charge on any atom is 0.0950 e. The Kier molecular flexibility index (Phi) is 5.49. The molecule has 0 saturated heterocycles. The first-order chi connectivity index (χ1) is 6.84. The van der Waals surface area contributed by atoms with Gasteiger partial charge in [-0.2, -0.15) is 11.8 Å². The summed E-state index contributed by atoms with van der Waals surface area (Å²) < 4.78 is 5.02. The van der Waals surface area contributed by atoms with Gasteiger partial charge in [-0.15, -0.1) is 6.58 Å². The predicted molar refractivity (Wildman–Crippen MR) is 62.6 cm³/mol. The first-order valence-corrected chi connectivity index (χ1v) is 5.94. The molecule has 1 N–H and O–H groups in total.